The molecular weight excluding hydrogens is 345 g/mol. The molecule has 25 heavy (non-hydrogen) atoms. The summed E-state index contributed by atoms with van der Waals surface area (Å²) < 4.78 is 20.7. The molecule has 0 unspecified atom stereocenters. The molecule has 0 radical (unpaired) electrons. The normalized spacial score (nSPS) is 11.0. The fourth-order valence-electron chi connectivity index (χ4n) is 2.41. The highest BCUT2D eigenvalue weighted by Gasteiger charge is 2.20. The third kappa shape index (κ3) is 2.78. The van der Waals surface area contributed by atoms with E-state index >= 15 is 0 Å². The van der Waals surface area contributed by atoms with Gasteiger partial charge in [0.1, 0.15) is 11.5 Å². The van der Waals surface area contributed by atoms with Crippen LogP contribution < -0.4 is 0 Å². The minimum Gasteiger partial charge on any atom is -0.332 e. The van der Waals surface area contributed by atoms with Crippen LogP contribution in [0.15, 0.2) is 53.1 Å². The van der Waals surface area contributed by atoms with E-state index in [1.165, 1.54) is 10.7 Å². The maximum absolute atomic E-state index is 14.0. The van der Waals surface area contributed by atoms with E-state index in [1.54, 1.807) is 49.4 Å². The molecule has 0 aliphatic rings. The second kappa shape index (κ2) is 6.10. The summed E-state index contributed by atoms with van der Waals surface area (Å²) in [4.78, 5) is 4.34. The van der Waals surface area contributed by atoms with Crippen LogP contribution in [0.25, 0.3) is 28.7 Å². The van der Waals surface area contributed by atoms with Gasteiger partial charge in [-0.3, -0.25) is 0 Å². The van der Waals surface area contributed by atoms with Gasteiger partial charge >= 0.3 is 0 Å². The predicted octanol–water partition coefficient (Wildman–Crippen LogP) is 4.09. The Balaban J connectivity index is 1.72. The van der Waals surface area contributed by atoms with Gasteiger partial charge < -0.3 is 4.52 Å². The maximum Gasteiger partial charge on any atom is 0.280 e. The van der Waals surface area contributed by atoms with Crippen molar-refractivity contribution >= 4 is 11.6 Å². The van der Waals surface area contributed by atoms with Gasteiger partial charge in [-0.15, -0.1) is 5.10 Å². The van der Waals surface area contributed by atoms with Crippen LogP contribution in [0.2, 0.25) is 5.02 Å². The van der Waals surface area contributed by atoms with Gasteiger partial charge in [-0.2, -0.15) is 4.98 Å². The molecule has 0 atom stereocenters. The minimum absolute atomic E-state index is 0.213. The summed E-state index contributed by atoms with van der Waals surface area (Å²) in [7, 11) is 0. The molecular formula is C17H11ClFN5O. The molecule has 0 aliphatic carbocycles. The van der Waals surface area contributed by atoms with Crippen LogP contribution in [-0.2, 0) is 0 Å². The lowest BCUT2D eigenvalue weighted by Gasteiger charge is -2.03. The lowest BCUT2D eigenvalue weighted by molar-refractivity contribution is 0.430. The standard InChI is InChI=1S/C17H11ClFN5O/c1-10-15(21-23-24(10)14-5-3-2-4-13(14)19)17-20-16(22-25-17)11-6-8-12(18)9-7-11/h2-9H,1H3. The molecule has 0 bridgehead atoms. The summed E-state index contributed by atoms with van der Waals surface area (Å²) in [6, 6.07) is 13.4. The van der Waals surface area contributed by atoms with E-state index in [1.807, 2.05) is 0 Å². The summed E-state index contributed by atoms with van der Waals surface area (Å²) in [6.07, 6.45) is 0. The number of hydrogen-bond donors (Lipinski definition) is 0. The number of benzene rings is 2. The number of hydrogen-bond acceptors (Lipinski definition) is 5. The van der Waals surface area contributed by atoms with Crippen molar-refractivity contribution in [2.24, 2.45) is 0 Å². The third-order valence-electron chi connectivity index (χ3n) is 3.71. The van der Waals surface area contributed by atoms with E-state index in [4.69, 9.17) is 16.1 Å². The van der Waals surface area contributed by atoms with E-state index in [9.17, 15) is 4.39 Å². The number of nitrogens with zero attached hydrogens (tertiary/aromatic N) is 5. The van der Waals surface area contributed by atoms with E-state index in [-0.39, 0.29) is 5.89 Å². The number of aromatic nitrogens is 5. The van der Waals surface area contributed by atoms with Crippen molar-refractivity contribution < 1.29 is 8.91 Å². The molecule has 6 nitrogen and oxygen atoms in total. The molecule has 0 amide bonds. The average Bonchev–Trinajstić information content (AvgIpc) is 3.23. The first-order valence-electron chi connectivity index (χ1n) is 7.41. The Hall–Kier alpha value is -3.06. The van der Waals surface area contributed by atoms with Crippen LogP contribution in [0.4, 0.5) is 4.39 Å². The molecule has 4 aromatic rings. The van der Waals surface area contributed by atoms with E-state index in [0.717, 1.165) is 5.56 Å². The second-order valence-corrected chi connectivity index (χ2v) is 5.75. The number of halogens is 2. The highest BCUT2D eigenvalue weighted by molar-refractivity contribution is 6.30. The first kappa shape index (κ1) is 15.5. The molecule has 0 fully saturated rings. The highest BCUT2D eigenvalue weighted by atomic mass is 35.5. The average molecular weight is 356 g/mol. The van der Waals surface area contributed by atoms with Crippen molar-refractivity contribution in [2.75, 3.05) is 0 Å². The molecule has 2 heterocycles. The molecule has 2 aromatic carbocycles. The topological polar surface area (TPSA) is 69.6 Å². The first-order valence-corrected chi connectivity index (χ1v) is 7.78. The Morgan fingerprint density at radius 2 is 1.84 bits per heavy atom. The van der Waals surface area contributed by atoms with Crippen molar-refractivity contribution in [3.63, 3.8) is 0 Å². The quantitative estimate of drug-likeness (QED) is 0.553. The Bertz CT molecular complexity index is 1040. The van der Waals surface area contributed by atoms with Gasteiger partial charge in [0, 0.05) is 10.6 Å². The summed E-state index contributed by atoms with van der Waals surface area (Å²) in [5.74, 6) is 0.228. The largest absolute Gasteiger partial charge is 0.332 e. The van der Waals surface area contributed by atoms with E-state index in [2.05, 4.69) is 20.5 Å². The van der Waals surface area contributed by atoms with Crippen LogP contribution in [-0.4, -0.2) is 25.1 Å². The predicted molar refractivity (Wildman–Crippen MR) is 89.8 cm³/mol. The zero-order valence-corrected chi connectivity index (χ0v) is 13.8. The molecule has 2 aromatic heterocycles. The van der Waals surface area contributed by atoms with Crippen LogP contribution in [0.3, 0.4) is 0 Å². The molecule has 4 rings (SSSR count). The zero-order valence-electron chi connectivity index (χ0n) is 13.0. The van der Waals surface area contributed by atoms with E-state index in [0.29, 0.717) is 27.9 Å². The lowest BCUT2D eigenvalue weighted by atomic mass is 10.2. The lowest BCUT2D eigenvalue weighted by Crippen LogP contribution is -2.01. The molecule has 0 N–H and O–H groups in total. The fraction of sp³-hybridized carbons (Fsp3) is 0.0588. The van der Waals surface area contributed by atoms with Crippen LogP contribution in [0.1, 0.15) is 5.69 Å². The van der Waals surface area contributed by atoms with Crippen molar-refractivity contribution in [3.05, 3.63) is 65.1 Å². The maximum atomic E-state index is 14.0. The summed E-state index contributed by atoms with van der Waals surface area (Å²) in [5, 5.41) is 12.6. The Labute approximate surface area is 146 Å². The molecule has 124 valence electrons. The molecule has 0 saturated heterocycles. The molecule has 0 saturated carbocycles. The van der Waals surface area contributed by atoms with Gasteiger partial charge in [0.05, 0.1) is 5.69 Å². The third-order valence-corrected chi connectivity index (χ3v) is 3.96. The van der Waals surface area contributed by atoms with Crippen LogP contribution in [0.5, 0.6) is 0 Å². The van der Waals surface area contributed by atoms with Crippen LogP contribution in [0, 0.1) is 12.7 Å². The zero-order chi connectivity index (χ0) is 17.4. The van der Waals surface area contributed by atoms with E-state index < -0.39 is 5.82 Å². The summed E-state index contributed by atoms with van der Waals surface area (Å²) >= 11 is 5.88. The molecule has 0 aliphatic heterocycles. The first-order chi connectivity index (χ1) is 12.1. The van der Waals surface area contributed by atoms with Gasteiger partial charge in [0.15, 0.2) is 5.69 Å². The second-order valence-electron chi connectivity index (χ2n) is 5.32. The van der Waals surface area contributed by atoms with Gasteiger partial charge in [-0.25, -0.2) is 9.07 Å². The molecule has 8 heteroatoms. The van der Waals surface area contributed by atoms with Gasteiger partial charge in [0.2, 0.25) is 5.82 Å². The monoisotopic (exact) mass is 355 g/mol. The van der Waals surface area contributed by atoms with Crippen molar-refractivity contribution in [1.82, 2.24) is 25.1 Å². The van der Waals surface area contributed by atoms with Gasteiger partial charge in [-0.05, 0) is 43.3 Å². The Morgan fingerprint density at radius 1 is 1.08 bits per heavy atom. The number of para-hydroxylation sites is 1. The Kier molecular flexibility index (Phi) is 3.77. The number of rotatable bonds is 3. The minimum atomic E-state index is -0.394. The fourth-order valence-corrected chi connectivity index (χ4v) is 2.54. The van der Waals surface area contributed by atoms with Crippen molar-refractivity contribution in [2.45, 2.75) is 6.92 Å². The van der Waals surface area contributed by atoms with Crippen molar-refractivity contribution in [3.8, 4) is 28.7 Å². The highest BCUT2D eigenvalue weighted by Crippen LogP contribution is 2.25. The SMILES string of the molecule is Cc1c(-c2nc(-c3ccc(Cl)cc3)no2)nnn1-c1ccccc1F. The van der Waals surface area contributed by atoms with Crippen molar-refractivity contribution in [1.29, 1.82) is 0 Å². The summed E-state index contributed by atoms with van der Waals surface area (Å²) in [5.41, 5.74) is 2.06. The van der Waals surface area contributed by atoms with Crippen LogP contribution >= 0.6 is 11.6 Å². The van der Waals surface area contributed by atoms with Gasteiger partial charge in [-0.1, -0.05) is 34.1 Å². The smallest absolute Gasteiger partial charge is 0.280 e. The Morgan fingerprint density at radius 3 is 2.60 bits per heavy atom. The summed E-state index contributed by atoms with van der Waals surface area (Å²) in [6.45, 7) is 1.76. The van der Waals surface area contributed by atoms with Gasteiger partial charge in [0.25, 0.3) is 5.89 Å². The molecule has 0 spiro atoms.